The van der Waals surface area contributed by atoms with Crippen LogP contribution in [0.1, 0.15) is 11.1 Å². The summed E-state index contributed by atoms with van der Waals surface area (Å²) in [6.45, 7) is 0.839. The first kappa shape index (κ1) is 11.8. The standard InChI is InChI=1S/C14H14N4O/c19-13-5-6-15-14(18-13)17-9-12-7-10-3-1-2-4-11(10)8-16-12/h1-6,9,12,16H,7-8H2,(H,15,18,19)/t12-/m0/s1. The summed E-state index contributed by atoms with van der Waals surface area (Å²) in [5, 5.41) is 3.39. The Morgan fingerprint density at radius 2 is 2.11 bits per heavy atom. The van der Waals surface area contributed by atoms with Crippen molar-refractivity contribution in [1.29, 1.82) is 0 Å². The summed E-state index contributed by atoms with van der Waals surface area (Å²) < 4.78 is 0. The fourth-order valence-electron chi connectivity index (χ4n) is 2.17. The Bertz CT molecular complexity index is 662. The van der Waals surface area contributed by atoms with Gasteiger partial charge in [-0.3, -0.25) is 9.78 Å². The van der Waals surface area contributed by atoms with Gasteiger partial charge in [-0.25, -0.2) is 9.98 Å². The Hall–Kier alpha value is -2.27. The second kappa shape index (κ2) is 5.16. The molecule has 5 heteroatoms. The van der Waals surface area contributed by atoms with Crippen LogP contribution >= 0.6 is 0 Å². The van der Waals surface area contributed by atoms with Gasteiger partial charge in [-0.05, 0) is 17.5 Å². The highest BCUT2D eigenvalue weighted by Gasteiger charge is 2.15. The molecular formula is C14H14N4O. The van der Waals surface area contributed by atoms with Gasteiger partial charge < -0.3 is 5.32 Å². The number of nitrogens with zero attached hydrogens (tertiary/aromatic N) is 2. The summed E-state index contributed by atoms with van der Waals surface area (Å²) in [6.07, 6.45) is 4.15. The first-order valence-corrected chi connectivity index (χ1v) is 6.21. The SMILES string of the molecule is O=c1ccnc(N=C[C@@H]2Cc3ccccc3CN2)[nH]1. The highest BCUT2D eigenvalue weighted by atomic mass is 16.1. The summed E-state index contributed by atoms with van der Waals surface area (Å²) in [5.74, 6) is 0.341. The molecule has 2 aromatic rings. The largest absolute Gasteiger partial charge is 0.305 e. The maximum Gasteiger partial charge on any atom is 0.252 e. The van der Waals surface area contributed by atoms with Crippen LogP contribution in [0.5, 0.6) is 0 Å². The quantitative estimate of drug-likeness (QED) is 0.791. The van der Waals surface area contributed by atoms with Crippen molar-refractivity contribution in [2.45, 2.75) is 19.0 Å². The normalized spacial score (nSPS) is 18.4. The zero-order valence-electron chi connectivity index (χ0n) is 10.3. The van der Waals surface area contributed by atoms with Gasteiger partial charge in [0.05, 0.1) is 0 Å². The van der Waals surface area contributed by atoms with Crippen molar-refractivity contribution in [3.05, 3.63) is 58.0 Å². The van der Waals surface area contributed by atoms with E-state index < -0.39 is 0 Å². The van der Waals surface area contributed by atoms with Crippen molar-refractivity contribution in [2.24, 2.45) is 4.99 Å². The van der Waals surface area contributed by atoms with Crippen LogP contribution in [0.3, 0.4) is 0 Å². The summed E-state index contributed by atoms with van der Waals surface area (Å²) in [6, 6.07) is 9.90. The zero-order chi connectivity index (χ0) is 13.1. The van der Waals surface area contributed by atoms with E-state index in [1.807, 2.05) is 6.07 Å². The molecule has 0 radical (unpaired) electrons. The average molecular weight is 254 g/mol. The van der Waals surface area contributed by atoms with Gasteiger partial charge in [0.25, 0.3) is 5.56 Å². The molecular weight excluding hydrogens is 240 g/mol. The van der Waals surface area contributed by atoms with Crippen molar-refractivity contribution >= 4 is 12.2 Å². The molecule has 5 nitrogen and oxygen atoms in total. The maximum atomic E-state index is 11.1. The number of aromatic nitrogens is 2. The van der Waals surface area contributed by atoms with Crippen LogP contribution in [-0.2, 0) is 13.0 Å². The van der Waals surface area contributed by atoms with Crippen LogP contribution < -0.4 is 10.9 Å². The van der Waals surface area contributed by atoms with Gasteiger partial charge in [0.2, 0.25) is 5.95 Å². The number of nitrogens with one attached hydrogen (secondary N) is 2. The Morgan fingerprint density at radius 3 is 2.95 bits per heavy atom. The minimum absolute atomic E-state index is 0.167. The van der Waals surface area contributed by atoms with Gasteiger partial charge in [0.1, 0.15) is 0 Å². The molecule has 0 saturated heterocycles. The van der Waals surface area contributed by atoms with Crippen LogP contribution in [0.15, 0.2) is 46.3 Å². The van der Waals surface area contributed by atoms with E-state index in [0.29, 0.717) is 5.95 Å². The van der Waals surface area contributed by atoms with Crippen LogP contribution in [0.25, 0.3) is 0 Å². The number of rotatable bonds is 2. The Labute approximate surface area is 110 Å². The van der Waals surface area contributed by atoms with Gasteiger partial charge >= 0.3 is 0 Å². The van der Waals surface area contributed by atoms with E-state index in [9.17, 15) is 4.79 Å². The fraction of sp³-hybridized carbons (Fsp3) is 0.214. The molecule has 1 atom stereocenters. The lowest BCUT2D eigenvalue weighted by molar-refractivity contribution is 0.584. The van der Waals surface area contributed by atoms with Crippen molar-refractivity contribution < 1.29 is 0 Å². The van der Waals surface area contributed by atoms with Crippen molar-refractivity contribution in [3.8, 4) is 0 Å². The van der Waals surface area contributed by atoms with Gasteiger partial charge in [-0.1, -0.05) is 24.3 Å². The van der Waals surface area contributed by atoms with Crippen molar-refractivity contribution in [1.82, 2.24) is 15.3 Å². The highest BCUT2D eigenvalue weighted by molar-refractivity contribution is 5.68. The lowest BCUT2D eigenvalue weighted by Crippen LogP contribution is -2.36. The number of hydrogen-bond donors (Lipinski definition) is 2. The molecule has 0 amide bonds. The van der Waals surface area contributed by atoms with E-state index in [1.54, 1.807) is 6.21 Å². The molecule has 2 heterocycles. The van der Waals surface area contributed by atoms with E-state index >= 15 is 0 Å². The first-order valence-electron chi connectivity index (χ1n) is 6.21. The van der Waals surface area contributed by atoms with Gasteiger partial charge in [0, 0.05) is 31.1 Å². The van der Waals surface area contributed by atoms with E-state index in [-0.39, 0.29) is 11.6 Å². The van der Waals surface area contributed by atoms with Crippen LogP contribution in [0.4, 0.5) is 5.95 Å². The molecule has 0 fully saturated rings. The fourth-order valence-corrected chi connectivity index (χ4v) is 2.17. The number of aromatic amines is 1. The van der Waals surface area contributed by atoms with Crippen LogP contribution in [-0.4, -0.2) is 22.2 Å². The Balaban J connectivity index is 1.74. The smallest absolute Gasteiger partial charge is 0.252 e. The predicted octanol–water partition coefficient (Wildman–Crippen LogP) is 1.19. The molecule has 96 valence electrons. The molecule has 0 aliphatic carbocycles. The molecule has 0 unspecified atom stereocenters. The summed E-state index contributed by atoms with van der Waals surface area (Å²) in [4.78, 5) is 21.9. The van der Waals surface area contributed by atoms with Gasteiger partial charge in [0.15, 0.2) is 0 Å². The number of fused-ring (bicyclic) bond motifs is 1. The Morgan fingerprint density at radius 1 is 1.26 bits per heavy atom. The lowest BCUT2D eigenvalue weighted by atomic mass is 9.96. The molecule has 2 N–H and O–H groups in total. The maximum absolute atomic E-state index is 11.1. The summed E-state index contributed by atoms with van der Waals surface area (Å²) in [7, 11) is 0. The number of aliphatic imine (C=N–C) groups is 1. The molecule has 19 heavy (non-hydrogen) atoms. The minimum atomic E-state index is -0.191. The number of H-pyrrole nitrogens is 1. The monoisotopic (exact) mass is 254 g/mol. The van der Waals surface area contributed by atoms with Crippen molar-refractivity contribution in [2.75, 3.05) is 0 Å². The molecule has 1 aromatic heterocycles. The predicted molar refractivity (Wildman–Crippen MR) is 73.8 cm³/mol. The third-order valence-electron chi connectivity index (χ3n) is 3.15. The molecule has 0 bridgehead atoms. The van der Waals surface area contributed by atoms with Gasteiger partial charge in [-0.2, -0.15) is 0 Å². The second-order valence-electron chi connectivity index (χ2n) is 4.50. The lowest BCUT2D eigenvalue weighted by Gasteiger charge is -2.22. The number of hydrogen-bond acceptors (Lipinski definition) is 4. The van der Waals surface area contributed by atoms with Crippen LogP contribution in [0, 0.1) is 0 Å². The van der Waals surface area contributed by atoms with E-state index in [4.69, 9.17) is 0 Å². The minimum Gasteiger partial charge on any atom is -0.305 e. The van der Waals surface area contributed by atoms with E-state index in [1.165, 1.54) is 23.4 Å². The van der Waals surface area contributed by atoms with E-state index in [0.717, 1.165) is 13.0 Å². The molecule has 1 aliphatic heterocycles. The average Bonchev–Trinajstić information content (AvgIpc) is 2.45. The summed E-state index contributed by atoms with van der Waals surface area (Å²) >= 11 is 0. The molecule has 0 saturated carbocycles. The second-order valence-corrected chi connectivity index (χ2v) is 4.50. The Kier molecular flexibility index (Phi) is 3.20. The third kappa shape index (κ3) is 2.77. The molecule has 1 aliphatic rings. The van der Waals surface area contributed by atoms with Gasteiger partial charge in [-0.15, -0.1) is 0 Å². The van der Waals surface area contributed by atoms with Crippen LogP contribution in [0.2, 0.25) is 0 Å². The molecule has 3 rings (SSSR count). The van der Waals surface area contributed by atoms with E-state index in [2.05, 4.69) is 38.5 Å². The summed E-state index contributed by atoms with van der Waals surface area (Å²) in [5.41, 5.74) is 2.48. The number of benzene rings is 1. The molecule has 1 aromatic carbocycles. The molecule has 0 spiro atoms. The topological polar surface area (TPSA) is 70.1 Å². The highest BCUT2D eigenvalue weighted by Crippen LogP contribution is 2.15. The first-order chi connectivity index (χ1) is 9.31. The van der Waals surface area contributed by atoms with Crippen molar-refractivity contribution in [3.63, 3.8) is 0 Å². The third-order valence-corrected chi connectivity index (χ3v) is 3.15. The zero-order valence-corrected chi connectivity index (χ0v) is 10.3.